The van der Waals surface area contributed by atoms with Gasteiger partial charge in [-0.1, -0.05) is 23.7 Å². The molecular weight excluding hydrogens is 296 g/mol. The molecule has 0 amide bonds. The van der Waals surface area contributed by atoms with Crippen molar-refractivity contribution in [1.29, 1.82) is 0 Å². The first kappa shape index (κ1) is 14.7. The Morgan fingerprint density at radius 2 is 1.80 bits per heavy atom. The standard InChI is InChI=1S/C14H9ClF4O/c15-12-5-4-10(14(17,18)19)7-13(12)20-8-9-2-1-3-11(16)6-9/h1-7H,8H2. The van der Waals surface area contributed by atoms with Crippen molar-refractivity contribution < 1.29 is 22.3 Å². The number of hydrogen-bond donors (Lipinski definition) is 0. The van der Waals surface area contributed by atoms with Crippen LogP contribution in [0.1, 0.15) is 11.1 Å². The molecule has 0 heterocycles. The fourth-order valence-corrected chi connectivity index (χ4v) is 1.75. The lowest BCUT2D eigenvalue weighted by molar-refractivity contribution is -0.137. The maximum Gasteiger partial charge on any atom is 0.416 e. The van der Waals surface area contributed by atoms with Crippen LogP contribution in [0.3, 0.4) is 0 Å². The molecule has 0 saturated carbocycles. The lowest BCUT2D eigenvalue weighted by Crippen LogP contribution is -2.05. The lowest BCUT2D eigenvalue weighted by atomic mass is 10.2. The van der Waals surface area contributed by atoms with Gasteiger partial charge in [-0.15, -0.1) is 0 Å². The zero-order chi connectivity index (χ0) is 14.8. The molecule has 0 aliphatic heterocycles. The molecule has 0 radical (unpaired) electrons. The summed E-state index contributed by atoms with van der Waals surface area (Å²) in [5.74, 6) is -0.535. The van der Waals surface area contributed by atoms with Crippen molar-refractivity contribution in [2.24, 2.45) is 0 Å². The third-order valence-electron chi connectivity index (χ3n) is 2.54. The zero-order valence-corrected chi connectivity index (χ0v) is 10.8. The van der Waals surface area contributed by atoms with Crippen LogP contribution >= 0.6 is 11.6 Å². The second kappa shape index (κ2) is 5.71. The van der Waals surface area contributed by atoms with Crippen molar-refractivity contribution in [1.82, 2.24) is 0 Å². The Kier molecular flexibility index (Phi) is 4.18. The summed E-state index contributed by atoms with van der Waals surface area (Å²) in [5, 5.41) is 0.0643. The van der Waals surface area contributed by atoms with E-state index in [2.05, 4.69) is 0 Å². The van der Waals surface area contributed by atoms with Crippen molar-refractivity contribution in [3.63, 3.8) is 0 Å². The van der Waals surface area contributed by atoms with Crippen molar-refractivity contribution >= 4 is 11.6 Å². The molecule has 0 bridgehead atoms. The van der Waals surface area contributed by atoms with E-state index in [-0.39, 0.29) is 17.4 Å². The van der Waals surface area contributed by atoms with Crippen LogP contribution in [-0.2, 0) is 12.8 Å². The molecule has 0 spiro atoms. The molecule has 20 heavy (non-hydrogen) atoms. The normalized spacial score (nSPS) is 11.4. The quantitative estimate of drug-likeness (QED) is 0.719. The summed E-state index contributed by atoms with van der Waals surface area (Å²) < 4.78 is 55.9. The number of alkyl halides is 3. The second-order valence-corrected chi connectivity index (χ2v) is 4.47. The predicted molar refractivity (Wildman–Crippen MR) is 67.2 cm³/mol. The third-order valence-corrected chi connectivity index (χ3v) is 2.85. The van der Waals surface area contributed by atoms with Crippen LogP contribution in [0.15, 0.2) is 42.5 Å². The maximum absolute atomic E-state index is 13.0. The summed E-state index contributed by atoms with van der Waals surface area (Å²) in [6, 6.07) is 8.40. The molecule has 0 aromatic heterocycles. The molecule has 0 aliphatic rings. The highest BCUT2D eigenvalue weighted by Gasteiger charge is 2.31. The van der Waals surface area contributed by atoms with Crippen LogP contribution in [-0.4, -0.2) is 0 Å². The molecule has 0 aliphatic carbocycles. The van der Waals surface area contributed by atoms with E-state index in [0.717, 1.165) is 18.2 Å². The van der Waals surface area contributed by atoms with E-state index < -0.39 is 17.6 Å². The van der Waals surface area contributed by atoms with E-state index >= 15 is 0 Å². The zero-order valence-electron chi connectivity index (χ0n) is 10.0. The van der Waals surface area contributed by atoms with Gasteiger partial charge in [0.2, 0.25) is 0 Å². The monoisotopic (exact) mass is 304 g/mol. The van der Waals surface area contributed by atoms with Crippen molar-refractivity contribution in [2.45, 2.75) is 12.8 Å². The van der Waals surface area contributed by atoms with E-state index in [0.29, 0.717) is 5.56 Å². The first-order chi connectivity index (χ1) is 9.36. The van der Waals surface area contributed by atoms with Gasteiger partial charge in [0.15, 0.2) is 0 Å². The van der Waals surface area contributed by atoms with Crippen LogP contribution < -0.4 is 4.74 Å². The van der Waals surface area contributed by atoms with Gasteiger partial charge in [-0.3, -0.25) is 0 Å². The molecule has 0 unspecified atom stereocenters. The van der Waals surface area contributed by atoms with Gasteiger partial charge in [0.05, 0.1) is 10.6 Å². The van der Waals surface area contributed by atoms with Gasteiger partial charge in [0, 0.05) is 0 Å². The second-order valence-electron chi connectivity index (χ2n) is 4.06. The van der Waals surface area contributed by atoms with Gasteiger partial charge in [0.25, 0.3) is 0 Å². The molecule has 0 N–H and O–H groups in total. The summed E-state index contributed by atoms with van der Waals surface area (Å²) in [6.45, 7) is -0.0706. The maximum atomic E-state index is 13.0. The predicted octanol–water partition coefficient (Wildman–Crippen LogP) is 5.08. The Morgan fingerprint density at radius 3 is 2.45 bits per heavy atom. The minimum absolute atomic E-state index is 0.0643. The van der Waals surface area contributed by atoms with Crippen molar-refractivity contribution in [2.75, 3.05) is 0 Å². The number of hydrogen-bond acceptors (Lipinski definition) is 1. The van der Waals surface area contributed by atoms with Crippen LogP contribution in [0.4, 0.5) is 17.6 Å². The van der Waals surface area contributed by atoms with Gasteiger partial charge in [-0.25, -0.2) is 4.39 Å². The highest BCUT2D eigenvalue weighted by Crippen LogP contribution is 2.35. The summed E-state index contributed by atoms with van der Waals surface area (Å²) in [7, 11) is 0. The SMILES string of the molecule is Fc1cccc(COc2cc(C(F)(F)F)ccc2Cl)c1. The highest BCUT2D eigenvalue weighted by atomic mass is 35.5. The molecule has 2 aromatic rings. The van der Waals surface area contributed by atoms with Crippen molar-refractivity contribution in [3.8, 4) is 5.75 Å². The smallest absolute Gasteiger partial charge is 0.416 e. The Hall–Kier alpha value is -1.75. The number of ether oxygens (including phenoxy) is 1. The fourth-order valence-electron chi connectivity index (χ4n) is 1.58. The van der Waals surface area contributed by atoms with E-state index in [9.17, 15) is 17.6 Å². The summed E-state index contributed by atoms with van der Waals surface area (Å²) in [5.41, 5.74) is -0.352. The van der Waals surface area contributed by atoms with E-state index in [4.69, 9.17) is 16.3 Å². The van der Waals surface area contributed by atoms with Crippen molar-refractivity contribution in [3.05, 3.63) is 64.4 Å². The van der Waals surface area contributed by atoms with Crippen LogP contribution in [0.2, 0.25) is 5.02 Å². The summed E-state index contributed by atoms with van der Waals surface area (Å²) in [4.78, 5) is 0. The first-order valence-corrected chi connectivity index (χ1v) is 5.98. The van der Waals surface area contributed by atoms with E-state index in [1.165, 1.54) is 18.2 Å². The van der Waals surface area contributed by atoms with Crippen LogP contribution in [0.5, 0.6) is 5.75 Å². The summed E-state index contributed by atoms with van der Waals surface area (Å²) >= 11 is 5.78. The fraction of sp³-hybridized carbons (Fsp3) is 0.143. The first-order valence-electron chi connectivity index (χ1n) is 5.60. The molecule has 6 heteroatoms. The highest BCUT2D eigenvalue weighted by molar-refractivity contribution is 6.32. The largest absolute Gasteiger partial charge is 0.487 e. The molecule has 1 nitrogen and oxygen atoms in total. The summed E-state index contributed by atoms with van der Waals surface area (Å²) in [6.07, 6.45) is -4.47. The molecule has 106 valence electrons. The topological polar surface area (TPSA) is 9.23 Å². The molecule has 0 atom stereocenters. The van der Waals surface area contributed by atoms with Crippen LogP contribution in [0, 0.1) is 5.82 Å². The van der Waals surface area contributed by atoms with E-state index in [1.54, 1.807) is 6.07 Å². The Balaban J connectivity index is 2.17. The molecular formula is C14H9ClF4O. The number of rotatable bonds is 3. The number of halogens is 5. The Bertz CT molecular complexity index is 610. The van der Waals surface area contributed by atoms with Crippen LogP contribution in [0.25, 0.3) is 0 Å². The molecule has 2 aromatic carbocycles. The molecule has 0 fully saturated rings. The lowest BCUT2D eigenvalue weighted by Gasteiger charge is -2.12. The minimum atomic E-state index is -4.47. The Labute approximate surface area is 117 Å². The minimum Gasteiger partial charge on any atom is -0.487 e. The van der Waals surface area contributed by atoms with Gasteiger partial charge in [0.1, 0.15) is 18.2 Å². The average Bonchev–Trinajstić information content (AvgIpc) is 2.36. The molecule has 2 rings (SSSR count). The average molecular weight is 305 g/mol. The molecule has 0 saturated heterocycles. The third kappa shape index (κ3) is 3.63. The van der Waals surface area contributed by atoms with Gasteiger partial charge in [-0.2, -0.15) is 13.2 Å². The number of benzene rings is 2. The Morgan fingerprint density at radius 1 is 1.05 bits per heavy atom. The van der Waals surface area contributed by atoms with Gasteiger partial charge < -0.3 is 4.74 Å². The van der Waals surface area contributed by atoms with E-state index in [1.807, 2.05) is 0 Å². The van der Waals surface area contributed by atoms with Gasteiger partial charge >= 0.3 is 6.18 Å². The van der Waals surface area contributed by atoms with Gasteiger partial charge in [-0.05, 0) is 35.9 Å².